The highest BCUT2D eigenvalue weighted by atomic mass is 16.5. The van der Waals surface area contributed by atoms with Crippen molar-refractivity contribution >= 4 is 11.9 Å². The fraction of sp³-hybridized carbons (Fsp3) is 0.727. The maximum atomic E-state index is 11.8. The second-order valence-electron chi connectivity index (χ2n) is 6.91. The van der Waals surface area contributed by atoms with Crippen LogP contribution >= 0.6 is 0 Å². The number of unbranched alkanes of at least 4 members (excludes halogenated alkanes) is 9. The largest absolute Gasteiger partial charge is 0.462 e. The molecule has 0 fully saturated rings. The summed E-state index contributed by atoms with van der Waals surface area (Å²) in [6, 6.07) is 0. The Labute approximate surface area is 160 Å². The van der Waals surface area contributed by atoms with E-state index in [1.165, 1.54) is 51.4 Å². The predicted molar refractivity (Wildman–Crippen MR) is 107 cm³/mol. The van der Waals surface area contributed by atoms with Gasteiger partial charge in [-0.3, -0.25) is 0 Å². The molecule has 26 heavy (non-hydrogen) atoms. The first-order valence-corrected chi connectivity index (χ1v) is 10.2. The van der Waals surface area contributed by atoms with Gasteiger partial charge < -0.3 is 9.47 Å². The van der Waals surface area contributed by atoms with E-state index < -0.39 is 5.97 Å². The first-order valence-electron chi connectivity index (χ1n) is 10.2. The maximum Gasteiger partial charge on any atom is 0.333 e. The molecule has 0 aliphatic rings. The minimum absolute atomic E-state index is 0.245. The quantitative estimate of drug-likeness (QED) is 0.194. The molecule has 0 saturated heterocycles. The number of hydrogen-bond donors (Lipinski definition) is 0. The Hall–Kier alpha value is -1.58. The molecule has 0 aromatic heterocycles. The van der Waals surface area contributed by atoms with Gasteiger partial charge in [-0.15, -0.1) is 0 Å². The topological polar surface area (TPSA) is 52.6 Å². The molecule has 0 heterocycles. The minimum atomic E-state index is -0.403. The van der Waals surface area contributed by atoms with Gasteiger partial charge in [0.2, 0.25) is 0 Å². The molecule has 0 aromatic carbocycles. The number of esters is 2. The lowest BCUT2D eigenvalue weighted by Gasteiger charge is -2.06. The predicted octanol–water partition coefficient (Wildman–Crippen LogP) is 5.91. The summed E-state index contributed by atoms with van der Waals surface area (Å²) in [5.41, 5.74) is 0.935. The molecule has 0 rings (SSSR count). The molecule has 150 valence electrons. The van der Waals surface area contributed by atoms with Gasteiger partial charge >= 0.3 is 11.9 Å². The van der Waals surface area contributed by atoms with Crippen LogP contribution in [0.5, 0.6) is 0 Å². The molecule has 0 bridgehead atoms. The lowest BCUT2D eigenvalue weighted by molar-refractivity contribution is -0.139. The highest BCUT2D eigenvalue weighted by Gasteiger charge is 2.06. The third kappa shape index (κ3) is 14.7. The highest BCUT2D eigenvalue weighted by molar-refractivity contribution is 5.88. The normalized spacial score (nSPS) is 11.3. The minimum Gasteiger partial charge on any atom is -0.462 e. The number of hydrogen-bond acceptors (Lipinski definition) is 4. The van der Waals surface area contributed by atoms with E-state index in [0.717, 1.165) is 12.8 Å². The number of ether oxygens (including phenoxy) is 2. The molecule has 0 aromatic rings. The van der Waals surface area contributed by atoms with Gasteiger partial charge in [-0.05, 0) is 20.3 Å². The Morgan fingerprint density at radius 3 is 1.81 bits per heavy atom. The van der Waals surface area contributed by atoms with E-state index in [0.29, 0.717) is 24.2 Å². The fourth-order valence-corrected chi connectivity index (χ4v) is 2.50. The van der Waals surface area contributed by atoms with E-state index in [2.05, 4.69) is 13.5 Å². The van der Waals surface area contributed by atoms with Gasteiger partial charge in [0.15, 0.2) is 0 Å². The molecule has 4 heteroatoms. The van der Waals surface area contributed by atoms with Gasteiger partial charge in [0.25, 0.3) is 0 Å². The van der Waals surface area contributed by atoms with Crippen LogP contribution in [0.25, 0.3) is 0 Å². The summed E-state index contributed by atoms with van der Waals surface area (Å²) in [7, 11) is 0. The molecule has 0 atom stereocenters. The summed E-state index contributed by atoms with van der Waals surface area (Å²) < 4.78 is 10.2. The van der Waals surface area contributed by atoms with Gasteiger partial charge in [-0.2, -0.15) is 0 Å². The summed E-state index contributed by atoms with van der Waals surface area (Å²) >= 11 is 0. The van der Waals surface area contributed by atoms with Crippen molar-refractivity contribution in [3.8, 4) is 0 Å². The molecular formula is C22H38O4. The third-order valence-corrected chi connectivity index (χ3v) is 4.20. The molecule has 0 amide bonds. The number of rotatable bonds is 16. The molecule has 0 N–H and O–H groups in total. The van der Waals surface area contributed by atoms with Gasteiger partial charge in [-0.1, -0.05) is 77.4 Å². The van der Waals surface area contributed by atoms with E-state index in [1.54, 1.807) is 19.9 Å². The van der Waals surface area contributed by atoms with E-state index in [4.69, 9.17) is 9.47 Å². The van der Waals surface area contributed by atoms with Crippen LogP contribution in [0.3, 0.4) is 0 Å². The van der Waals surface area contributed by atoms with E-state index in [1.807, 2.05) is 0 Å². The summed E-state index contributed by atoms with van der Waals surface area (Å²) in [5.74, 6) is -0.688. The van der Waals surface area contributed by atoms with Crippen LogP contribution in [-0.4, -0.2) is 25.2 Å². The van der Waals surface area contributed by atoms with E-state index in [-0.39, 0.29) is 12.6 Å². The molecular weight excluding hydrogens is 328 g/mol. The Bertz CT molecular complexity index is 437. The second kappa shape index (κ2) is 16.9. The Balaban J connectivity index is 3.56. The molecule has 0 saturated carbocycles. The molecule has 0 unspecified atom stereocenters. The number of carbonyl (C=O) groups excluding carboxylic acids is 2. The fourth-order valence-electron chi connectivity index (χ4n) is 2.50. The van der Waals surface area contributed by atoms with Crippen molar-refractivity contribution in [3.63, 3.8) is 0 Å². The smallest absolute Gasteiger partial charge is 0.333 e. The van der Waals surface area contributed by atoms with E-state index >= 15 is 0 Å². The van der Waals surface area contributed by atoms with Crippen LogP contribution in [0, 0.1) is 0 Å². The molecule has 0 aliphatic heterocycles. The van der Waals surface area contributed by atoms with Crippen molar-refractivity contribution in [2.45, 2.75) is 91.4 Å². The monoisotopic (exact) mass is 366 g/mol. The van der Waals surface area contributed by atoms with Crippen molar-refractivity contribution < 1.29 is 19.1 Å². The Morgan fingerprint density at radius 1 is 0.769 bits per heavy atom. The molecule has 4 nitrogen and oxygen atoms in total. The average molecular weight is 367 g/mol. The van der Waals surface area contributed by atoms with Gasteiger partial charge in [-0.25, -0.2) is 9.59 Å². The van der Waals surface area contributed by atoms with Crippen molar-refractivity contribution in [3.05, 3.63) is 23.8 Å². The zero-order valence-electron chi connectivity index (χ0n) is 17.1. The zero-order valence-corrected chi connectivity index (χ0v) is 17.1. The highest BCUT2D eigenvalue weighted by Crippen LogP contribution is 2.10. The lowest BCUT2D eigenvalue weighted by atomic mass is 10.1. The number of carbonyl (C=O) groups is 2. The van der Waals surface area contributed by atoms with Crippen LogP contribution < -0.4 is 0 Å². The van der Waals surface area contributed by atoms with Gasteiger partial charge in [0, 0.05) is 17.6 Å². The second-order valence-corrected chi connectivity index (χ2v) is 6.91. The molecule has 0 aliphatic carbocycles. The maximum absolute atomic E-state index is 11.8. The van der Waals surface area contributed by atoms with Crippen molar-refractivity contribution in [1.29, 1.82) is 0 Å². The Kier molecular flexibility index (Phi) is 15.8. The van der Waals surface area contributed by atoms with Crippen LogP contribution in [0.1, 0.15) is 91.4 Å². The standard InChI is InChI=1S/C22H38O4/c1-5-6-7-8-9-10-11-12-13-14-17-26-22(24)20(4)16-15-18-25-21(23)19(2)3/h16H,2,5-15,17-18H2,1,3-4H3. The van der Waals surface area contributed by atoms with Crippen LogP contribution in [0.15, 0.2) is 23.8 Å². The summed E-state index contributed by atoms with van der Waals surface area (Å²) in [6.07, 6.45) is 14.8. The molecule has 0 spiro atoms. The first-order chi connectivity index (χ1) is 12.5. The third-order valence-electron chi connectivity index (χ3n) is 4.20. The van der Waals surface area contributed by atoms with Crippen molar-refractivity contribution in [2.24, 2.45) is 0 Å². The summed E-state index contributed by atoms with van der Waals surface area (Å²) in [4.78, 5) is 23.0. The summed E-state index contributed by atoms with van der Waals surface area (Å²) in [5, 5.41) is 0. The first kappa shape index (κ1) is 24.4. The summed E-state index contributed by atoms with van der Waals surface area (Å²) in [6.45, 7) is 9.81. The lowest BCUT2D eigenvalue weighted by Crippen LogP contribution is -2.08. The molecule has 0 radical (unpaired) electrons. The SMILES string of the molecule is C=C(C)C(=O)OCCC=C(C)C(=O)OCCCCCCCCCCCC. The van der Waals surface area contributed by atoms with Crippen molar-refractivity contribution in [2.75, 3.05) is 13.2 Å². The van der Waals surface area contributed by atoms with Gasteiger partial charge in [0.05, 0.1) is 13.2 Å². The van der Waals surface area contributed by atoms with Crippen molar-refractivity contribution in [1.82, 2.24) is 0 Å². The van der Waals surface area contributed by atoms with Crippen LogP contribution in [0.2, 0.25) is 0 Å². The van der Waals surface area contributed by atoms with Crippen LogP contribution in [0.4, 0.5) is 0 Å². The average Bonchev–Trinajstić information content (AvgIpc) is 2.62. The van der Waals surface area contributed by atoms with E-state index in [9.17, 15) is 9.59 Å². The zero-order chi connectivity index (χ0) is 19.6. The Morgan fingerprint density at radius 2 is 1.27 bits per heavy atom. The van der Waals surface area contributed by atoms with Gasteiger partial charge in [0.1, 0.15) is 0 Å². The van der Waals surface area contributed by atoms with Crippen LogP contribution in [-0.2, 0) is 19.1 Å².